The first-order valence-corrected chi connectivity index (χ1v) is 6.00. The molecule has 0 spiro atoms. The highest BCUT2D eigenvalue weighted by molar-refractivity contribution is 6.28. The zero-order valence-electron chi connectivity index (χ0n) is 9.54. The molecule has 0 radical (unpaired) electrons. The van der Waals surface area contributed by atoms with Gasteiger partial charge in [0.1, 0.15) is 5.88 Å². The number of carbonyl (C=O) groups excluding carboxylic acids is 2. The summed E-state index contributed by atoms with van der Waals surface area (Å²) in [6.45, 7) is 3.70. The van der Waals surface area contributed by atoms with Crippen molar-refractivity contribution in [3.63, 3.8) is 0 Å². The Balaban J connectivity index is 2.20. The number of halogens is 1. The summed E-state index contributed by atoms with van der Waals surface area (Å²) in [5, 5.41) is 2.20. The minimum atomic E-state index is -0.459. The second-order valence-electron chi connectivity index (χ2n) is 3.96. The first-order valence-electron chi connectivity index (χ1n) is 5.46. The van der Waals surface area contributed by atoms with Crippen LogP contribution in [0.5, 0.6) is 0 Å². The third-order valence-corrected chi connectivity index (χ3v) is 2.91. The second-order valence-corrected chi connectivity index (χ2v) is 4.22. The number of nitrogens with one attached hydrogen (secondary N) is 1. The van der Waals surface area contributed by atoms with Gasteiger partial charge in [-0.15, -0.1) is 11.6 Å². The van der Waals surface area contributed by atoms with Gasteiger partial charge in [0.05, 0.1) is 0 Å². The van der Waals surface area contributed by atoms with Crippen LogP contribution in [-0.4, -0.2) is 60.8 Å². The highest BCUT2D eigenvalue weighted by Crippen LogP contribution is 2.06. The molecule has 0 aromatic rings. The zero-order valence-corrected chi connectivity index (χ0v) is 10.3. The molecule has 0 aromatic carbocycles. The van der Waals surface area contributed by atoms with E-state index in [-0.39, 0.29) is 11.9 Å². The van der Waals surface area contributed by atoms with Gasteiger partial charge in [0.25, 0.3) is 0 Å². The van der Waals surface area contributed by atoms with Gasteiger partial charge >= 0.3 is 6.03 Å². The Bertz CT molecular complexity index is 254. The number of likely N-dealkylation sites (tertiary alicyclic amines) is 1. The van der Waals surface area contributed by atoms with Crippen molar-refractivity contribution in [3.05, 3.63) is 0 Å². The van der Waals surface area contributed by atoms with E-state index < -0.39 is 5.91 Å². The molecule has 0 aromatic heterocycles. The Morgan fingerprint density at radius 1 is 1.38 bits per heavy atom. The number of amides is 3. The van der Waals surface area contributed by atoms with E-state index in [1.807, 2.05) is 0 Å². The minimum absolute atomic E-state index is 0.189. The standard InChI is InChI=1S/C10H18ClN3O2/c1-13(10(16)12-9(15)8-11)6-7-14-4-2-3-5-14/h2-8H2,1H3,(H,12,15,16). The maximum Gasteiger partial charge on any atom is 0.323 e. The molecule has 1 fully saturated rings. The summed E-state index contributed by atoms with van der Waals surface area (Å²) in [6.07, 6.45) is 2.47. The number of imide groups is 1. The fourth-order valence-electron chi connectivity index (χ4n) is 1.65. The average Bonchev–Trinajstić information content (AvgIpc) is 2.78. The lowest BCUT2D eigenvalue weighted by atomic mass is 10.4. The summed E-state index contributed by atoms with van der Waals surface area (Å²) in [5.41, 5.74) is 0. The van der Waals surface area contributed by atoms with Gasteiger partial charge in [-0.3, -0.25) is 10.1 Å². The van der Waals surface area contributed by atoms with Gasteiger partial charge in [-0.25, -0.2) is 4.79 Å². The number of nitrogens with zero attached hydrogens (tertiary/aromatic N) is 2. The molecule has 0 bridgehead atoms. The van der Waals surface area contributed by atoms with Gasteiger partial charge in [-0.05, 0) is 25.9 Å². The van der Waals surface area contributed by atoms with Crippen LogP contribution in [0.3, 0.4) is 0 Å². The van der Waals surface area contributed by atoms with Gasteiger partial charge in [0, 0.05) is 20.1 Å². The lowest BCUT2D eigenvalue weighted by Crippen LogP contribution is -2.44. The smallest absolute Gasteiger partial charge is 0.323 e. The normalized spacial score (nSPS) is 16.1. The number of hydrogen-bond acceptors (Lipinski definition) is 3. The summed E-state index contributed by atoms with van der Waals surface area (Å²) in [6, 6.07) is -0.384. The fourth-order valence-corrected chi connectivity index (χ4v) is 1.71. The largest absolute Gasteiger partial charge is 0.326 e. The van der Waals surface area contributed by atoms with E-state index in [1.165, 1.54) is 17.7 Å². The lowest BCUT2D eigenvalue weighted by Gasteiger charge is -2.21. The Hall–Kier alpha value is -0.810. The SMILES string of the molecule is CN(CCN1CCCC1)C(=O)NC(=O)CCl. The molecule has 3 amide bonds. The molecular formula is C10H18ClN3O2. The van der Waals surface area contributed by atoms with Crippen LogP contribution in [0.1, 0.15) is 12.8 Å². The topological polar surface area (TPSA) is 52.6 Å². The highest BCUT2D eigenvalue weighted by Gasteiger charge is 2.15. The van der Waals surface area contributed by atoms with Crippen LogP contribution in [-0.2, 0) is 4.79 Å². The van der Waals surface area contributed by atoms with E-state index in [2.05, 4.69) is 10.2 Å². The minimum Gasteiger partial charge on any atom is -0.326 e. The molecule has 1 aliphatic heterocycles. The van der Waals surface area contributed by atoms with Crippen molar-refractivity contribution in [1.29, 1.82) is 0 Å². The number of hydrogen-bond donors (Lipinski definition) is 1. The van der Waals surface area contributed by atoms with E-state index in [0.717, 1.165) is 19.6 Å². The molecule has 6 heteroatoms. The number of rotatable bonds is 4. The highest BCUT2D eigenvalue weighted by atomic mass is 35.5. The van der Waals surface area contributed by atoms with Gasteiger partial charge in [0.15, 0.2) is 0 Å². The van der Waals surface area contributed by atoms with Crippen molar-refractivity contribution in [1.82, 2.24) is 15.1 Å². The van der Waals surface area contributed by atoms with Crippen molar-refractivity contribution in [3.8, 4) is 0 Å². The maximum atomic E-state index is 11.4. The molecule has 0 atom stereocenters. The van der Waals surface area contributed by atoms with Crippen LogP contribution < -0.4 is 5.32 Å². The first kappa shape index (κ1) is 13.3. The maximum absolute atomic E-state index is 11.4. The van der Waals surface area contributed by atoms with Gasteiger partial charge < -0.3 is 9.80 Å². The summed E-state index contributed by atoms with van der Waals surface area (Å²) in [7, 11) is 1.67. The molecule has 1 rings (SSSR count). The number of likely N-dealkylation sites (N-methyl/N-ethyl adjacent to an activating group) is 1. The quantitative estimate of drug-likeness (QED) is 0.736. The van der Waals surface area contributed by atoms with E-state index in [4.69, 9.17) is 11.6 Å². The fraction of sp³-hybridized carbons (Fsp3) is 0.800. The van der Waals surface area contributed by atoms with Gasteiger partial charge in [0.2, 0.25) is 5.91 Å². The summed E-state index contributed by atoms with van der Waals surface area (Å²) < 4.78 is 0. The van der Waals surface area contributed by atoms with Gasteiger partial charge in [-0.1, -0.05) is 0 Å². The van der Waals surface area contributed by atoms with Crippen LogP contribution in [0.2, 0.25) is 0 Å². The van der Waals surface area contributed by atoms with Crippen molar-refractivity contribution in [2.24, 2.45) is 0 Å². The average molecular weight is 248 g/mol. The molecule has 0 unspecified atom stereocenters. The van der Waals surface area contributed by atoms with Crippen molar-refractivity contribution < 1.29 is 9.59 Å². The number of alkyl halides is 1. The molecule has 16 heavy (non-hydrogen) atoms. The summed E-state index contributed by atoms with van der Waals surface area (Å²) in [5.74, 6) is -0.647. The zero-order chi connectivity index (χ0) is 12.0. The van der Waals surface area contributed by atoms with E-state index in [0.29, 0.717) is 6.54 Å². The third kappa shape index (κ3) is 4.37. The predicted octanol–water partition coefficient (Wildman–Crippen LogP) is 0.489. The van der Waals surface area contributed by atoms with Crippen LogP contribution in [0, 0.1) is 0 Å². The Morgan fingerprint density at radius 2 is 2.00 bits per heavy atom. The molecule has 1 aliphatic rings. The van der Waals surface area contributed by atoms with Crippen molar-refractivity contribution in [2.45, 2.75) is 12.8 Å². The lowest BCUT2D eigenvalue weighted by molar-refractivity contribution is -0.117. The summed E-state index contributed by atoms with van der Waals surface area (Å²) in [4.78, 5) is 26.1. The van der Waals surface area contributed by atoms with Crippen LogP contribution in [0.25, 0.3) is 0 Å². The Labute approximate surface area is 101 Å². The van der Waals surface area contributed by atoms with Crippen LogP contribution in [0.15, 0.2) is 0 Å². The molecule has 1 saturated heterocycles. The van der Waals surface area contributed by atoms with E-state index in [1.54, 1.807) is 7.05 Å². The van der Waals surface area contributed by atoms with Crippen molar-refractivity contribution >= 4 is 23.5 Å². The van der Waals surface area contributed by atoms with Gasteiger partial charge in [-0.2, -0.15) is 0 Å². The predicted molar refractivity (Wildman–Crippen MR) is 62.6 cm³/mol. The van der Waals surface area contributed by atoms with Crippen LogP contribution in [0.4, 0.5) is 4.79 Å². The monoisotopic (exact) mass is 247 g/mol. The molecule has 0 aliphatic carbocycles. The number of carbonyl (C=O) groups is 2. The number of urea groups is 1. The van der Waals surface area contributed by atoms with E-state index in [9.17, 15) is 9.59 Å². The van der Waals surface area contributed by atoms with Crippen molar-refractivity contribution in [2.75, 3.05) is 39.1 Å². The molecule has 1 N–H and O–H groups in total. The molecule has 0 saturated carbocycles. The van der Waals surface area contributed by atoms with E-state index >= 15 is 0 Å². The third-order valence-electron chi connectivity index (χ3n) is 2.66. The molecule has 1 heterocycles. The molecular weight excluding hydrogens is 230 g/mol. The summed E-state index contributed by atoms with van der Waals surface area (Å²) >= 11 is 5.29. The molecule has 5 nitrogen and oxygen atoms in total. The molecule has 92 valence electrons. The first-order chi connectivity index (χ1) is 7.63. The Kier molecular flexibility index (Phi) is 5.55. The Morgan fingerprint density at radius 3 is 2.56 bits per heavy atom. The van der Waals surface area contributed by atoms with Crippen LogP contribution >= 0.6 is 11.6 Å². The second kappa shape index (κ2) is 6.70.